The van der Waals surface area contributed by atoms with Gasteiger partial charge in [0, 0.05) is 10.9 Å². The molecule has 1 aromatic carbocycles. The predicted molar refractivity (Wildman–Crippen MR) is 87.4 cm³/mol. The van der Waals surface area contributed by atoms with Crippen LogP contribution in [0, 0.1) is 5.41 Å². The monoisotopic (exact) mass is 340 g/mol. The maximum absolute atomic E-state index is 12.0. The van der Waals surface area contributed by atoms with Crippen molar-refractivity contribution < 1.29 is 4.79 Å². The van der Waals surface area contributed by atoms with Crippen molar-refractivity contribution in [1.82, 2.24) is 5.32 Å². The standard InChI is InChI=1S/C16H25BrN2O/c1-12(13-6-4-5-7-14(13)17)19-15(20)8-9-16(2,3)10-11-18/h4-7,12H,8-11,18H2,1-3H3,(H,19,20)/t12-/m1/s1. The molecule has 0 radical (unpaired) electrons. The lowest BCUT2D eigenvalue weighted by Gasteiger charge is -2.24. The maximum Gasteiger partial charge on any atom is 0.220 e. The minimum atomic E-state index is 0.00990. The van der Waals surface area contributed by atoms with E-state index < -0.39 is 0 Å². The van der Waals surface area contributed by atoms with Gasteiger partial charge in [-0.25, -0.2) is 0 Å². The van der Waals surface area contributed by atoms with E-state index in [2.05, 4.69) is 35.1 Å². The molecular weight excluding hydrogens is 316 g/mol. The van der Waals surface area contributed by atoms with Crippen LogP contribution in [0.25, 0.3) is 0 Å². The molecule has 3 nitrogen and oxygen atoms in total. The minimum Gasteiger partial charge on any atom is -0.350 e. The van der Waals surface area contributed by atoms with E-state index in [1.165, 1.54) is 0 Å². The Morgan fingerprint density at radius 1 is 1.35 bits per heavy atom. The van der Waals surface area contributed by atoms with Crippen LogP contribution in [0.3, 0.4) is 0 Å². The van der Waals surface area contributed by atoms with Crippen LogP contribution < -0.4 is 11.1 Å². The average molecular weight is 341 g/mol. The summed E-state index contributed by atoms with van der Waals surface area (Å²) in [5.41, 5.74) is 6.82. The smallest absolute Gasteiger partial charge is 0.220 e. The molecule has 3 N–H and O–H groups in total. The van der Waals surface area contributed by atoms with E-state index in [-0.39, 0.29) is 17.4 Å². The fourth-order valence-corrected chi connectivity index (χ4v) is 2.81. The fraction of sp³-hybridized carbons (Fsp3) is 0.562. The fourth-order valence-electron chi connectivity index (χ4n) is 2.19. The summed E-state index contributed by atoms with van der Waals surface area (Å²) in [4.78, 5) is 12.0. The van der Waals surface area contributed by atoms with Crippen molar-refractivity contribution in [3.05, 3.63) is 34.3 Å². The molecule has 0 bridgehead atoms. The van der Waals surface area contributed by atoms with Crippen LogP contribution in [-0.2, 0) is 4.79 Å². The van der Waals surface area contributed by atoms with Crippen LogP contribution >= 0.6 is 15.9 Å². The Morgan fingerprint density at radius 2 is 2.00 bits per heavy atom. The Balaban J connectivity index is 2.49. The molecule has 1 atom stereocenters. The molecule has 0 saturated heterocycles. The van der Waals surface area contributed by atoms with Gasteiger partial charge in [-0.15, -0.1) is 0 Å². The van der Waals surface area contributed by atoms with Crippen molar-refractivity contribution in [1.29, 1.82) is 0 Å². The average Bonchev–Trinajstić information content (AvgIpc) is 2.37. The zero-order valence-corrected chi connectivity index (χ0v) is 14.2. The molecule has 0 heterocycles. The molecule has 0 saturated carbocycles. The third-order valence-corrected chi connectivity index (χ3v) is 4.32. The van der Waals surface area contributed by atoms with E-state index >= 15 is 0 Å². The summed E-state index contributed by atoms with van der Waals surface area (Å²) in [6.45, 7) is 6.99. The molecule has 0 aliphatic heterocycles. The Hall–Kier alpha value is -0.870. The molecule has 1 aromatic rings. The number of benzene rings is 1. The Bertz CT molecular complexity index is 446. The van der Waals surface area contributed by atoms with Crippen LogP contribution in [0.1, 0.15) is 51.6 Å². The van der Waals surface area contributed by atoms with Crippen LogP contribution in [0.2, 0.25) is 0 Å². The van der Waals surface area contributed by atoms with Crippen LogP contribution in [-0.4, -0.2) is 12.5 Å². The summed E-state index contributed by atoms with van der Waals surface area (Å²) in [5.74, 6) is 0.0957. The minimum absolute atomic E-state index is 0.00990. The summed E-state index contributed by atoms with van der Waals surface area (Å²) in [6.07, 6.45) is 2.35. The number of amides is 1. The molecule has 112 valence electrons. The first-order chi connectivity index (χ1) is 9.35. The van der Waals surface area contributed by atoms with Gasteiger partial charge in [0.25, 0.3) is 0 Å². The topological polar surface area (TPSA) is 55.1 Å². The Kier molecular flexibility index (Phi) is 6.69. The first kappa shape index (κ1) is 17.2. The van der Waals surface area contributed by atoms with E-state index in [4.69, 9.17) is 5.73 Å². The van der Waals surface area contributed by atoms with E-state index in [0.29, 0.717) is 13.0 Å². The zero-order valence-electron chi connectivity index (χ0n) is 12.6. The van der Waals surface area contributed by atoms with Gasteiger partial charge < -0.3 is 11.1 Å². The largest absolute Gasteiger partial charge is 0.350 e. The second kappa shape index (κ2) is 7.79. The van der Waals surface area contributed by atoms with E-state index in [1.54, 1.807) is 0 Å². The lowest BCUT2D eigenvalue weighted by Crippen LogP contribution is -2.28. The molecule has 20 heavy (non-hydrogen) atoms. The molecule has 4 heteroatoms. The first-order valence-electron chi connectivity index (χ1n) is 7.09. The maximum atomic E-state index is 12.0. The number of rotatable bonds is 7. The molecule has 1 amide bonds. The number of hydrogen-bond acceptors (Lipinski definition) is 2. The van der Waals surface area contributed by atoms with Gasteiger partial charge in [-0.3, -0.25) is 4.79 Å². The molecule has 0 unspecified atom stereocenters. The van der Waals surface area contributed by atoms with Crippen molar-refractivity contribution in [2.45, 2.75) is 46.1 Å². The second-order valence-electron chi connectivity index (χ2n) is 6.01. The molecule has 1 rings (SSSR count). The number of hydrogen-bond donors (Lipinski definition) is 2. The van der Waals surface area contributed by atoms with Crippen LogP contribution in [0.4, 0.5) is 0 Å². The Morgan fingerprint density at radius 3 is 2.60 bits per heavy atom. The van der Waals surface area contributed by atoms with Crippen molar-refractivity contribution in [2.24, 2.45) is 11.1 Å². The van der Waals surface area contributed by atoms with Crippen molar-refractivity contribution in [2.75, 3.05) is 6.54 Å². The molecule has 0 spiro atoms. The van der Waals surface area contributed by atoms with Gasteiger partial charge in [-0.05, 0) is 43.4 Å². The van der Waals surface area contributed by atoms with E-state index in [9.17, 15) is 4.79 Å². The summed E-state index contributed by atoms with van der Waals surface area (Å²) in [5, 5.41) is 3.05. The molecule has 0 aliphatic carbocycles. The summed E-state index contributed by atoms with van der Waals surface area (Å²) in [7, 11) is 0. The van der Waals surface area contributed by atoms with Crippen molar-refractivity contribution in [3.8, 4) is 0 Å². The SMILES string of the molecule is C[C@@H](NC(=O)CCC(C)(C)CCN)c1ccccc1Br. The van der Waals surface area contributed by atoms with Gasteiger partial charge in [-0.1, -0.05) is 48.0 Å². The lowest BCUT2D eigenvalue weighted by molar-refractivity contribution is -0.122. The second-order valence-corrected chi connectivity index (χ2v) is 6.87. The van der Waals surface area contributed by atoms with E-state index in [1.807, 2.05) is 31.2 Å². The zero-order chi connectivity index (χ0) is 15.2. The summed E-state index contributed by atoms with van der Waals surface area (Å²) >= 11 is 3.51. The van der Waals surface area contributed by atoms with Gasteiger partial charge in [0.2, 0.25) is 5.91 Å². The number of halogens is 1. The molecule has 0 aliphatic rings. The van der Waals surface area contributed by atoms with Gasteiger partial charge >= 0.3 is 0 Å². The molecule has 0 aromatic heterocycles. The third kappa shape index (κ3) is 5.63. The number of nitrogens with one attached hydrogen (secondary N) is 1. The normalized spacial score (nSPS) is 13.1. The Labute approximate surface area is 130 Å². The predicted octanol–water partition coefficient (Wildman–Crippen LogP) is 3.78. The van der Waals surface area contributed by atoms with Gasteiger partial charge in [0.1, 0.15) is 0 Å². The molecule has 0 fully saturated rings. The van der Waals surface area contributed by atoms with E-state index in [0.717, 1.165) is 22.9 Å². The number of carbonyl (C=O) groups excluding carboxylic acids is 1. The quantitative estimate of drug-likeness (QED) is 0.793. The van der Waals surface area contributed by atoms with Crippen LogP contribution in [0.15, 0.2) is 28.7 Å². The third-order valence-electron chi connectivity index (χ3n) is 3.60. The van der Waals surface area contributed by atoms with Crippen LogP contribution in [0.5, 0.6) is 0 Å². The van der Waals surface area contributed by atoms with Gasteiger partial charge in [0.05, 0.1) is 6.04 Å². The number of carbonyl (C=O) groups is 1. The van der Waals surface area contributed by atoms with Gasteiger partial charge in [0.15, 0.2) is 0 Å². The highest BCUT2D eigenvalue weighted by Crippen LogP contribution is 2.26. The summed E-state index contributed by atoms with van der Waals surface area (Å²) in [6, 6.07) is 7.97. The van der Waals surface area contributed by atoms with Gasteiger partial charge in [-0.2, -0.15) is 0 Å². The summed E-state index contributed by atoms with van der Waals surface area (Å²) < 4.78 is 1.02. The lowest BCUT2D eigenvalue weighted by atomic mass is 9.84. The van der Waals surface area contributed by atoms with Crippen molar-refractivity contribution in [3.63, 3.8) is 0 Å². The highest BCUT2D eigenvalue weighted by atomic mass is 79.9. The molecular formula is C16H25BrN2O. The highest BCUT2D eigenvalue weighted by molar-refractivity contribution is 9.10. The highest BCUT2D eigenvalue weighted by Gasteiger charge is 2.19. The van der Waals surface area contributed by atoms with Crippen molar-refractivity contribution >= 4 is 21.8 Å². The first-order valence-corrected chi connectivity index (χ1v) is 7.89. The number of nitrogens with two attached hydrogens (primary N) is 1.